The van der Waals surface area contributed by atoms with Crippen molar-refractivity contribution in [3.63, 3.8) is 0 Å². The minimum atomic E-state index is -1.38. The molecule has 1 unspecified atom stereocenters. The summed E-state index contributed by atoms with van der Waals surface area (Å²) in [6.07, 6.45) is -0.241. The summed E-state index contributed by atoms with van der Waals surface area (Å²) in [5.74, 6) is -1.26. The van der Waals surface area contributed by atoms with Crippen molar-refractivity contribution in [3.05, 3.63) is 108 Å². The molecule has 8 nitrogen and oxygen atoms in total. The van der Waals surface area contributed by atoms with E-state index in [2.05, 4.69) is 24.2 Å². The molecular weight excluding hydrogens is 579 g/mol. The summed E-state index contributed by atoms with van der Waals surface area (Å²) in [5.41, 5.74) is 0.837. The third-order valence-electron chi connectivity index (χ3n) is 6.89. The van der Waals surface area contributed by atoms with Gasteiger partial charge in [-0.1, -0.05) is 111 Å². The number of nitrogens with zero attached hydrogens (tertiary/aromatic N) is 3. The zero-order chi connectivity index (χ0) is 31.1. The van der Waals surface area contributed by atoms with Crippen LogP contribution in [0.15, 0.2) is 106 Å². The molecule has 226 valence electrons. The van der Waals surface area contributed by atoms with E-state index >= 15 is 0 Å². The summed E-state index contributed by atoms with van der Waals surface area (Å²) >= 11 is 0. The topological polar surface area (TPSA) is 110 Å². The number of benzene rings is 3. The Morgan fingerprint density at radius 3 is 1.81 bits per heavy atom. The normalized spacial score (nSPS) is 16.7. The molecule has 1 aliphatic heterocycles. The zero-order valence-corrected chi connectivity index (χ0v) is 27.1. The van der Waals surface area contributed by atoms with Gasteiger partial charge in [-0.05, 0) is 36.6 Å². The Kier molecular flexibility index (Phi) is 10.3. The first-order valence-corrected chi connectivity index (χ1v) is 19.3. The maximum atomic E-state index is 12.9. The summed E-state index contributed by atoms with van der Waals surface area (Å²) in [5, 5.41) is 9.90. The van der Waals surface area contributed by atoms with Gasteiger partial charge in [0.25, 0.3) is 0 Å². The number of aliphatic carboxylic acids is 1. The largest absolute Gasteiger partial charge is 0.481 e. The summed E-state index contributed by atoms with van der Waals surface area (Å²) in [6.45, 7) is 10.2. The number of hydrogen-bond acceptors (Lipinski definition) is 6. The van der Waals surface area contributed by atoms with Crippen LogP contribution in [0.1, 0.15) is 37.0 Å². The Hall–Kier alpha value is -3.73. The highest BCUT2D eigenvalue weighted by atomic mass is 32.2. The SMILES string of the molecule is CC(C)(ON=S1CC(CC(=O)O)=NC1=NC(c1ccccc1)(c1ccccc1)c1ccccc1)C(=O)OCC[Si](C)(C)C. The van der Waals surface area contributed by atoms with Crippen LogP contribution in [0.2, 0.25) is 25.7 Å². The Morgan fingerprint density at radius 2 is 1.37 bits per heavy atom. The van der Waals surface area contributed by atoms with Gasteiger partial charge in [0, 0.05) is 24.5 Å². The van der Waals surface area contributed by atoms with Crippen LogP contribution in [0.25, 0.3) is 0 Å². The van der Waals surface area contributed by atoms with Crippen LogP contribution in [-0.2, 0) is 35.4 Å². The van der Waals surface area contributed by atoms with E-state index in [1.54, 1.807) is 13.8 Å². The third kappa shape index (κ3) is 8.22. The average Bonchev–Trinajstić information content (AvgIpc) is 3.35. The van der Waals surface area contributed by atoms with E-state index in [9.17, 15) is 14.7 Å². The van der Waals surface area contributed by atoms with Gasteiger partial charge in [-0.2, -0.15) is 0 Å². The molecule has 0 fully saturated rings. The molecule has 0 saturated carbocycles. The number of amidine groups is 1. The van der Waals surface area contributed by atoms with Gasteiger partial charge in [-0.15, -0.1) is 4.53 Å². The lowest BCUT2D eigenvalue weighted by Gasteiger charge is -2.32. The van der Waals surface area contributed by atoms with E-state index < -0.39 is 41.8 Å². The first kappa shape index (κ1) is 32.2. The van der Waals surface area contributed by atoms with E-state index in [1.807, 2.05) is 91.0 Å². The van der Waals surface area contributed by atoms with Crippen molar-refractivity contribution >= 4 is 41.6 Å². The molecule has 43 heavy (non-hydrogen) atoms. The standard InChI is InChI=1S/C33H39N3O5SSi/c1-32(2,30(39)40-21-22-43(3,4)5)41-36-42-24-28(23-29(37)38)34-31(42)35-33(25-15-9-6-10-16-25,26-17-11-7-12-18-26)27-19-13-8-14-20-27/h6-20H,21-24H2,1-5H3,(H,37,38). The number of carboxylic acid groups (broad SMARTS) is 1. The van der Waals surface area contributed by atoms with Crippen LogP contribution in [0.4, 0.5) is 0 Å². The van der Waals surface area contributed by atoms with Crippen molar-refractivity contribution < 1.29 is 24.3 Å². The van der Waals surface area contributed by atoms with Gasteiger partial charge < -0.3 is 9.84 Å². The van der Waals surface area contributed by atoms with Crippen molar-refractivity contribution in [2.24, 2.45) is 14.5 Å². The highest BCUT2D eigenvalue weighted by Crippen LogP contribution is 2.41. The van der Waals surface area contributed by atoms with Crippen LogP contribution in [0.5, 0.6) is 0 Å². The third-order valence-corrected chi connectivity index (χ3v) is 10.1. The molecule has 0 spiro atoms. The summed E-state index contributed by atoms with van der Waals surface area (Å²) in [4.78, 5) is 40.5. The number of carboxylic acids is 1. The van der Waals surface area contributed by atoms with Crippen LogP contribution < -0.4 is 0 Å². The lowest BCUT2D eigenvalue weighted by Crippen LogP contribution is -2.36. The van der Waals surface area contributed by atoms with Gasteiger partial charge in [0.1, 0.15) is 5.54 Å². The quantitative estimate of drug-likeness (QED) is 0.106. The number of ether oxygens (including phenoxy) is 1. The monoisotopic (exact) mass is 617 g/mol. The first-order valence-electron chi connectivity index (χ1n) is 14.2. The molecule has 1 aliphatic rings. The molecule has 0 saturated heterocycles. The molecule has 4 rings (SSSR count). The van der Waals surface area contributed by atoms with Gasteiger partial charge in [-0.3, -0.25) is 4.79 Å². The summed E-state index contributed by atoms with van der Waals surface area (Å²) < 4.78 is 10.0. The van der Waals surface area contributed by atoms with E-state index in [0.717, 1.165) is 22.7 Å². The average molecular weight is 618 g/mol. The van der Waals surface area contributed by atoms with Crippen molar-refractivity contribution in [3.8, 4) is 0 Å². The van der Waals surface area contributed by atoms with E-state index in [1.165, 1.54) is 0 Å². The van der Waals surface area contributed by atoms with Crippen molar-refractivity contribution in [1.29, 1.82) is 0 Å². The molecule has 0 amide bonds. The van der Waals surface area contributed by atoms with Crippen LogP contribution >= 0.6 is 0 Å². The molecule has 10 heteroatoms. The maximum Gasteiger partial charge on any atom is 0.340 e. The fourth-order valence-corrected chi connectivity index (χ4v) is 6.72. The van der Waals surface area contributed by atoms with Gasteiger partial charge in [0.15, 0.2) is 10.8 Å². The molecule has 3 aromatic carbocycles. The highest BCUT2D eigenvalue weighted by molar-refractivity contribution is 8.03. The van der Waals surface area contributed by atoms with Crippen molar-refractivity contribution in [1.82, 2.24) is 0 Å². The predicted octanol–water partition coefficient (Wildman–Crippen LogP) is 6.66. The second kappa shape index (κ2) is 13.7. The molecule has 1 heterocycles. The minimum absolute atomic E-state index is 0.236. The highest BCUT2D eigenvalue weighted by Gasteiger charge is 2.39. The number of carbonyl (C=O) groups excluding carboxylic acids is 1. The molecule has 0 bridgehead atoms. The fraction of sp³-hybridized carbons (Fsp3) is 0.333. The Labute approximate surface area is 257 Å². The molecule has 0 aliphatic carbocycles. The number of rotatable bonds is 12. The summed E-state index contributed by atoms with van der Waals surface area (Å²) in [6, 6.07) is 30.6. The van der Waals surface area contributed by atoms with E-state index in [-0.39, 0.29) is 12.2 Å². The maximum absolute atomic E-state index is 12.9. The predicted molar refractivity (Wildman–Crippen MR) is 175 cm³/mol. The molecule has 0 aromatic heterocycles. The fourth-order valence-electron chi connectivity index (χ4n) is 4.52. The van der Waals surface area contributed by atoms with E-state index in [4.69, 9.17) is 19.6 Å². The molecule has 0 radical (unpaired) electrons. The van der Waals surface area contributed by atoms with Gasteiger partial charge in [-0.25, -0.2) is 19.6 Å². The molecule has 1 atom stereocenters. The number of esters is 1. The van der Waals surface area contributed by atoms with E-state index in [0.29, 0.717) is 17.5 Å². The van der Waals surface area contributed by atoms with Crippen molar-refractivity contribution in [2.75, 3.05) is 12.4 Å². The first-order chi connectivity index (χ1) is 20.4. The second-order valence-corrected chi connectivity index (χ2v) is 19.2. The molecular formula is C33H39N3O5SSi. The van der Waals surface area contributed by atoms with Crippen LogP contribution in [-0.4, -0.2) is 54.0 Å². The number of hydrogen-bond donors (Lipinski definition) is 1. The lowest BCUT2D eigenvalue weighted by molar-refractivity contribution is -0.167. The smallest absolute Gasteiger partial charge is 0.340 e. The minimum Gasteiger partial charge on any atom is -0.481 e. The Morgan fingerprint density at radius 1 is 0.884 bits per heavy atom. The van der Waals surface area contributed by atoms with Gasteiger partial charge >= 0.3 is 11.9 Å². The van der Waals surface area contributed by atoms with Crippen LogP contribution in [0.3, 0.4) is 0 Å². The lowest BCUT2D eigenvalue weighted by atomic mass is 9.77. The second-order valence-electron chi connectivity index (χ2n) is 12.1. The molecule has 3 aromatic rings. The Balaban J connectivity index is 1.82. The van der Waals surface area contributed by atoms with Crippen LogP contribution in [0, 0.1) is 0 Å². The van der Waals surface area contributed by atoms with Gasteiger partial charge in [0.05, 0.1) is 18.8 Å². The molecule has 1 N–H and O–H groups in total. The van der Waals surface area contributed by atoms with Crippen molar-refractivity contribution in [2.45, 2.75) is 57.1 Å². The number of carbonyl (C=O) groups is 2. The Bertz CT molecular complexity index is 1420. The van der Waals surface area contributed by atoms with Gasteiger partial charge in [0.2, 0.25) is 0 Å². The summed E-state index contributed by atoms with van der Waals surface area (Å²) in [7, 11) is -2.46. The zero-order valence-electron chi connectivity index (χ0n) is 25.3. The number of aliphatic imine (C=N–C) groups is 2.